The first kappa shape index (κ1) is 25.4. The van der Waals surface area contributed by atoms with Crippen LogP contribution in [0.1, 0.15) is 54.9 Å². The number of anilines is 1. The molecule has 0 spiro atoms. The van der Waals surface area contributed by atoms with Gasteiger partial charge in [-0.15, -0.1) is 21.5 Å². The minimum absolute atomic E-state index is 0.163. The van der Waals surface area contributed by atoms with Gasteiger partial charge in [0.1, 0.15) is 5.00 Å². The summed E-state index contributed by atoms with van der Waals surface area (Å²) in [7, 11) is 1.89. The molecule has 0 aliphatic heterocycles. The molecule has 1 N–H and O–H groups in total. The lowest BCUT2D eigenvalue weighted by atomic mass is 9.72. The van der Waals surface area contributed by atoms with E-state index in [2.05, 4.69) is 36.3 Å². The van der Waals surface area contributed by atoms with Crippen LogP contribution >= 0.6 is 23.1 Å². The molecule has 35 heavy (non-hydrogen) atoms. The number of nitrogens with one attached hydrogen (secondary N) is 1. The second-order valence-corrected chi connectivity index (χ2v) is 11.8. The van der Waals surface area contributed by atoms with Gasteiger partial charge in [0.05, 0.1) is 17.9 Å². The summed E-state index contributed by atoms with van der Waals surface area (Å²) in [5, 5.41) is 12.8. The van der Waals surface area contributed by atoms with E-state index < -0.39 is 0 Å². The molecule has 0 saturated heterocycles. The minimum atomic E-state index is -0.358. The van der Waals surface area contributed by atoms with E-state index in [1.54, 1.807) is 6.92 Å². The second kappa shape index (κ2) is 10.5. The van der Waals surface area contributed by atoms with Gasteiger partial charge in [-0.1, -0.05) is 62.9 Å². The predicted molar refractivity (Wildman–Crippen MR) is 141 cm³/mol. The highest BCUT2D eigenvalue weighted by atomic mass is 32.2. The lowest BCUT2D eigenvalue weighted by Gasteiger charge is -2.33. The van der Waals surface area contributed by atoms with Gasteiger partial charge in [-0.05, 0) is 43.1 Å². The fraction of sp³-hybridized carbons (Fsp3) is 0.462. The molecular weight excluding hydrogens is 480 g/mol. The van der Waals surface area contributed by atoms with Crippen LogP contribution in [-0.4, -0.2) is 39.0 Å². The highest BCUT2D eigenvalue weighted by Crippen LogP contribution is 2.44. The Morgan fingerprint density at radius 3 is 2.66 bits per heavy atom. The molecule has 1 amide bonds. The van der Waals surface area contributed by atoms with Gasteiger partial charge in [-0.25, -0.2) is 4.79 Å². The highest BCUT2D eigenvalue weighted by molar-refractivity contribution is 7.99. The number of benzene rings is 1. The molecule has 4 rings (SSSR count). The van der Waals surface area contributed by atoms with Crippen molar-refractivity contribution in [1.29, 1.82) is 0 Å². The number of aromatic nitrogens is 3. The second-order valence-electron chi connectivity index (χ2n) is 9.80. The van der Waals surface area contributed by atoms with Crippen molar-refractivity contribution in [1.82, 2.24) is 14.8 Å². The molecule has 0 saturated carbocycles. The Hall–Kier alpha value is -2.65. The number of thiophene rings is 1. The monoisotopic (exact) mass is 512 g/mol. The molecule has 1 aliphatic rings. The van der Waals surface area contributed by atoms with Crippen LogP contribution in [0.5, 0.6) is 0 Å². The fourth-order valence-corrected chi connectivity index (χ4v) is 6.45. The summed E-state index contributed by atoms with van der Waals surface area (Å²) in [4.78, 5) is 26.9. The average molecular weight is 513 g/mol. The van der Waals surface area contributed by atoms with Gasteiger partial charge in [0.15, 0.2) is 11.0 Å². The summed E-state index contributed by atoms with van der Waals surface area (Å²) < 4.78 is 7.23. The van der Waals surface area contributed by atoms with Gasteiger partial charge in [0, 0.05) is 17.5 Å². The normalized spacial score (nSPS) is 15.5. The van der Waals surface area contributed by atoms with E-state index in [0.29, 0.717) is 28.2 Å². The largest absolute Gasteiger partial charge is 0.462 e. The van der Waals surface area contributed by atoms with Crippen LogP contribution in [0.25, 0.3) is 11.4 Å². The number of rotatable bonds is 7. The van der Waals surface area contributed by atoms with E-state index in [1.807, 2.05) is 41.9 Å². The third-order valence-electron chi connectivity index (χ3n) is 6.42. The average Bonchev–Trinajstić information content (AvgIpc) is 3.37. The molecule has 0 radical (unpaired) electrons. The third-order valence-corrected chi connectivity index (χ3v) is 8.61. The fourth-order valence-electron chi connectivity index (χ4n) is 4.40. The SMILES string of the molecule is CCOC(=O)c1c(NC(=O)CSc2nnc(-c3ccccc3)n2C)sc2c1CC[C@H](C(C)(C)C)C2. The lowest BCUT2D eigenvalue weighted by Crippen LogP contribution is -2.26. The number of fused-ring (bicyclic) bond motifs is 1. The van der Waals surface area contributed by atoms with E-state index in [9.17, 15) is 9.59 Å². The zero-order valence-corrected chi connectivity index (χ0v) is 22.5. The van der Waals surface area contributed by atoms with Gasteiger partial charge in [0.2, 0.25) is 5.91 Å². The van der Waals surface area contributed by atoms with E-state index in [1.165, 1.54) is 28.0 Å². The molecule has 186 valence electrons. The van der Waals surface area contributed by atoms with Gasteiger partial charge in [-0.3, -0.25) is 4.79 Å². The first-order valence-electron chi connectivity index (χ1n) is 11.9. The first-order valence-corrected chi connectivity index (χ1v) is 13.7. The molecule has 1 atom stereocenters. The number of thioether (sulfide) groups is 1. The smallest absolute Gasteiger partial charge is 0.341 e. The molecule has 3 aromatic rings. The number of carbonyl (C=O) groups excluding carboxylic acids is 2. The Morgan fingerprint density at radius 1 is 1.23 bits per heavy atom. The van der Waals surface area contributed by atoms with Crippen molar-refractivity contribution < 1.29 is 14.3 Å². The molecule has 0 bridgehead atoms. The Kier molecular flexibility index (Phi) is 7.66. The molecule has 0 unspecified atom stereocenters. The van der Waals surface area contributed by atoms with Crippen LogP contribution in [0.15, 0.2) is 35.5 Å². The number of carbonyl (C=O) groups is 2. The van der Waals surface area contributed by atoms with Crippen LogP contribution in [0.3, 0.4) is 0 Å². The van der Waals surface area contributed by atoms with E-state index in [0.717, 1.165) is 36.2 Å². The Bertz CT molecular complexity index is 1210. The molecule has 1 aromatic carbocycles. The van der Waals surface area contributed by atoms with Crippen LogP contribution in [-0.2, 0) is 29.4 Å². The summed E-state index contributed by atoms with van der Waals surface area (Å²) >= 11 is 2.83. The van der Waals surface area contributed by atoms with Gasteiger partial charge in [-0.2, -0.15) is 0 Å². The van der Waals surface area contributed by atoms with E-state index in [-0.39, 0.29) is 23.0 Å². The topological polar surface area (TPSA) is 86.1 Å². The Labute approximate surface area is 214 Å². The van der Waals surface area contributed by atoms with E-state index >= 15 is 0 Å². The molecule has 0 fully saturated rings. The number of nitrogens with zero attached hydrogens (tertiary/aromatic N) is 3. The maximum absolute atomic E-state index is 12.9. The van der Waals surface area contributed by atoms with Crippen molar-refractivity contribution in [2.45, 2.75) is 52.1 Å². The van der Waals surface area contributed by atoms with Crippen molar-refractivity contribution in [3.63, 3.8) is 0 Å². The highest BCUT2D eigenvalue weighted by Gasteiger charge is 2.34. The zero-order valence-electron chi connectivity index (χ0n) is 20.9. The van der Waals surface area contributed by atoms with Gasteiger partial charge < -0.3 is 14.6 Å². The predicted octanol–water partition coefficient (Wildman–Crippen LogP) is 5.60. The van der Waals surface area contributed by atoms with Gasteiger partial charge >= 0.3 is 5.97 Å². The number of ether oxygens (including phenoxy) is 1. The van der Waals surface area contributed by atoms with Crippen LogP contribution < -0.4 is 5.32 Å². The summed E-state index contributed by atoms with van der Waals surface area (Å²) in [6.45, 7) is 8.88. The maximum atomic E-state index is 12.9. The van der Waals surface area contributed by atoms with Crippen LogP contribution in [0, 0.1) is 11.3 Å². The standard InChI is InChI=1S/C26H32N4O3S2/c1-6-33-24(32)21-18-13-12-17(26(2,3)4)14-19(18)35-23(21)27-20(31)15-34-25-29-28-22(30(25)5)16-10-8-7-9-11-16/h7-11,17H,6,12-15H2,1-5H3,(H,27,31)/t17-/m0/s1. The molecule has 9 heteroatoms. The third kappa shape index (κ3) is 5.62. The van der Waals surface area contributed by atoms with Crippen molar-refractivity contribution in [3.8, 4) is 11.4 Å². The van der Waals surface area contributed by atoms with Crippen molar-refractivity contribution in [3.05, 3.63) is 46.3 Å². The lowest BCUT2D eigenvalue weighted by molar-refractivity contribution is -0.113. The number of esters is 1. The molecule has 7 nitrogen and oxygen atoms in total. The first-order chi connectivity index (χ1) is 16.7. The van der Waals surface area contributed by atoms with Gasteiger partial charge in [0.25, 0.3) is 0 Å². The zero-order chi connectivity index (χ0) is 25.2. The minimum Gasteiger partial charge on any atom is -0.462 e. The summed E-state index contributed by atoms with van der Waals surface area (Å²) in [6.07, 6.45) is 2.77. The molecule has 1 aliphatic carbocycles. The van der Waals surface area contributed by atoms with E-state index in [4.69, 9.17) is 4.74 Å². The molecule has 2 heterocycles. The van der Waals surface area contributed by atoms with Crippen molar-refractivity contribution in [2.75, 3.05) is 17.7 Å². The number of hydrogen-bond acceptors (Lipinski definition) is 7. The van der Waals surface area contributed by atoms with Crippen LogP contribution in [0.4, 0.5) is 5.00 Å². The number of hydrogen-bond donors (Lipinski definition) is 1. The summed E-state index contributed by atoms with van der Waals surface area (Å²) in [5.41, 5.74) is 2.73. The van der Waals surface area contributed by atoms with Crippen molar-refractivity contribution >= 4 is 40.0 Å². The molecule has 2 aromatic heterocycles. The summed E-state index contributed by atoms with van der Waals surface area (Å²) in [5.74, 6) is 0.907. The quantitative estimate of drug-likeness (QED) is 0.327. The van der Waals surface area contributed by atoms with Crippen LogP contribution in [0.2, 0.25) is 0 Å². The molecular formula is C26H32N4O3S2. The Balaban J connectivity index is 1.49. The maximum Gasteiger partial charge on any atom is 0.341 e. The number of amides is 1. The summed E-state index contributed by atoms with van der Waals surface area (Å²) in [6, 6.07) is 9.82. The Morgan fingerprint density at radius 2 is 1.97 bits per heavy atom. The van der Waals surface area contributed by atoms with Crippen molar-refractivity contribution in [2.24, 2.45) is 18.4 Å².